The number of carbonyl (C=O) groups excluding carboxylic acids is 1. The molecule has 3 nitrogen and oxygen atoms in total. The van der Waals surface area contributed by atoms with E-state index in [1.165, 1.54) is 25.7 Å². The number of amides is 1. The minimum absolute atomic E-state index is 0. The lowest BCUT2D eigenvalue weighted by Gasteiger charge is -2.32. The molecule has 4 heteroatoms. The van der Waals surface area contributed by atoms with Gasteiger partial charge in [0.05, 0.1) is 5.92 Å². The van der Waals surface area contributed by atoms with Gasteiger partial charge in [0, 0.05) is 12.6 Å². The van der Waals surface area contributed by atoms with Crippen LogP contribution in [0.25, 0.3) is 0 Å². The summed E-state index contributed by atoms with van der Waals surface area (Å²) in [5.41, 5.74) is 0. The molecule has 0 aromatic heterocycles. The van der Waals surface area contributed by atoms with Gasteiger partial charge in [-0.05, 0) is 37.6 Å². The molecule has 2 N–H and O–H groups in total. The van der Waals surface area contributed by atoms with Crippen molar-refractivity contribution in [1.29, 1.82) is 0 Å². The first-order valence-corrected chi connectivity index (χ1v) is 7.18. The number of hydrogen-bond acceptors (Lipinski definition) is 2. The van der Waals surface area contributed by atoms with E-state index in [0.717, 1.165) is 31.3 Å². The fourth-order valence-corrected chi connectivity index (χ4v) is 3.16. The number of nitrogens with one attached hydrogen (secondary N) is 2. The van der Waals surface area contributed by atoms with Crippen molar-refractivity contribution >= 4 is 18.3 Å². The average Bonchev–Trinajstić information content (AvgIpc) is 2.82. The SMILES string of the molecule is CC(C)C1CCCC(NC(=O)C2CCNC2)C1.Cl. The summed E-state index contributed by atoms with van der Waals surface area (Å²) in [5.74, 6) is 2.05. The predicted octanol–water partition coefficient (Wildman–Crippen LogP) is 2.35. The largest absolute Gasteiger partial charge is 0.353 e. The first kappa shape index (κ1) is 15.8. The van der Waals surface area contributed by atoms with E-state index in [9.17, 15) is 4.79 Å². The first-order chi connectivity index (χ1) is 8.16. The Morgan fingerprint density at radius 3 is 2.67 bits per heavy atom. The highest BCUT2D eigenvalue weighted by atomic mass is 35.5. The number of carbonyl (C=O) groups is 1. The Morgan fingerprint density at radius 2 is 2.06 bits per heavy atom. The Hall–Kier alpha value is -0.280. The molecule has 2 rings (SSSR count). The van der Waals surface area contributed by atoms with Crippen molar-refractivity contribution < 1.29 is 4.79 Å². The van der Waals surface area contributed by atoms with Crippen LogP contribution in [0.2, 0.25) is 0 Å². The zero-order valence-corrected chi connectivity index (χ0v) is 12.4. The van der Waals surface area contributed by atoms with Gasteiger partial charge in [-0.3, -0.25) is 4.79 Å². The van der Waals surface area contributed by atoms with Gasteiger partial charge in [-0.2, -0.15) is 0 Å². The van der Waals surface area contributed by atoms with Crippen LogP contribution in [-0.4, -0.2) is 25.0 Å². The molecular weight excluding hydrogens is 248 g/mol. The zero-order valence-electron chi connectivity index (χ0n) is 11.6. The molecule has 1 heterocycles. The standard InChI is InChI=1S/C14H26N2O.ClH/c1-10(2)11-4-3-5-13(8-11)16-14(17)12-6-7-15-9-12;/h10-13,15H,3-9H2,1-2H3,(H,16,17);1H. The summed E-state index contributed by atoms with van der Waals surface area (Å²) in [7, 11) is 0. The fraction of sp³-hybridized carbons (Fsp3) is 0.929. The Kier molecular flexibility index (Phi) is 6.44. The third kappa shape index (κ3) is 4.13. The Balaban J connectivity index is 0.00000162. The van der Waals surface area contributed by atoms with E-state index in [1.54, 1.807) is 0 Å². The van der Waals surface area contributed by atoms with E-state index < -0.39 is 0 Å². The van der Waals surface area contributed by atoms with Gasteiger partial charge in [0.2, 0.25) is 5.91 Å². The molecule has 3 atom stereocenters. The topological polar surface area (TPSA) is 41.1 Å². The van der Waals surface area contributed by atoms with Crippen molar-refractivity contribution in [3.8, 4) is 0 Å². The molecule has 106 valence electrons. The van der Waals surface area contributed by atoms with Gasteiger partial charge in [0.1, 0.15) is 0 Å². The van der Waals surface area contributed by atoms with E-state index in [-0.39, 0.29) is 24.2 Å². The third-order valence-electron chi connectivity index (χ3n) is 4.44. The smallest absolute Gasteiger partial charge is 0.224 e. The molecule has 0 aromatic carbocycles. The normalized spacial score (nSPS) is 32.1. The molecule has 1 aliphatic carbocycles. The number of halogens is 1. The molecule has 0 radical (unpaired) electrons. The predicted molar refractivity (Wildman–Crippen MR) is 77.0 cm³/mol. The lowest BCUT2D eigenvalue weighted by molar-refractivity contribution is -0.125. The summed E-state index contributed by atoms with van der Waals surface area (Å²) >= 11 is 0. The minimum Gasteiger partial charge on any atom is -0.353 e. The Bertz CT molecular complexity index is 265. The molecule has 2 aliphatic rings. The molecule has 0 bridgehead atoms. The summed E-state index contributed by atoms with van der Waals surface area (Å²) in [5, 5.41) is 6.52. The fourth-order valence-electron chi connectivity index (χ4n) is 3.16. The second kappa shape index (κ2) is 7.34. The van der Waals surface area contributed by atoms with Gasteiger partial charge in [0.15, 0.2) is 0 Å². The molecule has 2 fully saturated rings. The molecule has 1 saturated heterocycles. The van der Waals surface area contributed by atoms with Crippen molar-refractivity contribution in [1.82, 2.24) is 10.6 Å². The van der Waals surface area contributed by atoms with E-state index in [2.05, 4.69) is 24.5 Å². The second-order valence-electron chi connectivity index (χ2n) is 6.07. The van der Waals surface area contributed by atoms with Gasteiger partial charge in [0.25, 0.3) is 0 Å². The monoisotopic (exact) mass is 274 g/mol. The van der Waals surface area contributed by atoms with E-state index in [0.29, 0.717) is 6.04 Å². The first-order valence-electron chi connectivity index (χ1n) is 7.18. The number of rotatable bonds is 3. The lowest BCUT2D eigenvalue weighted by Crippen LogP contribution is -2.42. The summed E-state index contributed by atoms with van der Waals surface area (Å²) in [6, 6.07) is 0.434. The highest BCUT2D eigenvalue weighted by molar-refractivity contribution is 5.85. The van der Waals surface area contributed by atoms with Crippen molar-refractivity contribution in [2.24, 2.45) is 17.8 Å². The zero-order chi connectivity index (χ0) is 12.3. The van der Waals surface area contributed by atoms with Crippen LogP contribution in [0, 0.1) is 17.8 Å². The molecule has 18 heavy (non-hydrogen) atoms. The van der Waals surface area contributed by atoms with Gasteiger partial charge in [-0.15, -0.1) is 12.4 Å². The van der Waals surface area contributed by atoms with E-state index in [1.807, 2.05) is 0 Å². The lowest BCUT2D eigenvalue weighted by atomic mass is 9.79. The van der Waals surface area contributed by atoms with Gasteiger partial charge >= 0.3 is 0 Å². The van der Waals surface area contributed by atoms with Crippen LogP contribution < -0.4 is 10.6 Å². The van der Waals surface area contributed by atoms with Crippen LogP contribution in [0.1, 0.15) is 46.0 Å². The van der Waals surface area contributed by atoms with Crippen LogP contribution in [0.4, 0.5) is 0 Å². The van der Waals surface area contributed by atoms with Crippen molar-refractivity contribution in [2.45, 2.75) is 52.0 Å². The average molecular weight is 275 g/mol. The molecule has 3 unspecified atom stereocenters. The van der Waals surface area contributed by atoms with Crippen molar-refractivity contribution in [2.75, 3.05) is 13.1 Å². The maximum absolute atomic E-state index is 12.0. The molecule has 1 aliphatic heterocycles. The second-order valence-corrected chi connectivity index (χ2v) is 6.07. The van der Waals surface area contributed by atoms with Gasteiger partial charge in [-0.1, -0.05) is 26.7 Å². The summed E-state index contributed by atoms with van der Waals surface area (Å²) in [6.45, 7) is 6.47. The van der Waals surface area contributed by atoms with E-state index >= 15 is 0 Å². The van der Waals surface area contributed by atoms with Crippen molar-refractivity contribution in [3.05, 3.63) is 0 Å². The van der Waals surface area contributed by atoms with Crippen molar-refractivity contribution in [3.63, 3.8) is 0 Å². The van der Waals surface area contributed by atoms with Crippen LogP contribution in [0.5, 0.6) is 0 Å². The van der Waals surface area contributed by atoms with Crippen LogP contribution >= 0.6 is 12.4 Å². The Morgan fingerprint density at radius 1 is 1.28 bits per heavy atom. The molecule has 0 aromatic rings. The quantitative estimate of drug-likeness (QED) is 0.830. The van der Waals surface area contributed by atoms with Crippen LogP contribution in [-0.2, 0) is 4.79 Å². The van der Waals surface area contributed by atoms with Crippen LogP contribution in [0.15, 0.2) is 0 Å². The summed E-state index contributed by atoms with van der Waals surface area (Å²) < 4.78 is 0. The summed E-state index contributed by atoms with van der Waals surface area (Å²) in [6.07, 6.45) is 5.98. The maximum atomic E-state index is 12.0. The molecule has 1 amide bonds. The van der Waals surface area contributed by atoms with Gasteiger partial charge in [-0.25, -0.2) is 0 Å². The molecule has 0 spiro atoms. The molecule has 1 saturated carbocycles. The highest BCUT2D eigenvalue weighted by Gasteiger charge is 2.28. The minimum atomic E-state index is 0. The van der Waals surface area contributed by atoms with Crippen LogP contribution in [0.3, 0.4) is 0 Å². The third-order valence-corrected chi connectivity index (χ3v) is 4.44. The Labute approximate surface area is 117 Å². The molecular formula is C14H27ClN2O. The van der Waals surface area contributed by atoms with Gasteiger partial charge < -0.3 is 10.6 Å². The summed E-state index contributed by atoms with van der Waals surface area (Å²) in [4.78, 5) is 12.0. The highest BCUT2D eigenvalue weighted by Crippen LogP contribution is 2.30. The maximum Gasteiger partial charge on any atom is 0.224 e. The van der Waals surface area contributed by atoms with E-state index in [4.69, 9.17) is 0 Å². The number of hydrogen-bond donors (Lipinski definition) is 2.